The molecule has 0 aliphatic carbocycles. The van der Waals surface area contributed by atoms with Crippen molar-refractivity contribution in [2.24, 2.45) is 0 Å². The standard InChI is InChI=1S/C23H16N2/c1-15-24-22-19-11-5-3-8-17(19)13-14-21(22)23(25-15)20-12-6-9-16-7-2-4-10-18(16)20/h2-14H,1H3. The van der Waals surface area contributed by atoms with E-state index in [0.717, 1.165) is 28.0 Å². The summed E-state index contributed by atoms with van der Waals surface area (Å²) < 4.78 is 0. The van der Waals surface area contributed by atoms with Crippen molar-refractivity contribution in [2.75, 3.05) is 0 Å². The molecule has 0 saturated carbocycles. The Morgan fingerprint density at radius 1 is 0.560 bits per heavy atom. The van der Waals surface area contributed by atoms with Gasteiger partial charge in [-0.15, -0.1) is 0 Å². The first kappa shape index (κ1) is 14.1. The number of rotatable bonds is 1. The van der Waals surface area contributed by atoms with Gasteiger partial charge in [0.2, 0.25) is 0 Å². The summed E-state index contributed by atoms with van der Waals surface area (Å²) in [6, 6.07) is 27.6. The van der Waals surface area contributed by atoms with E-state index in [4.69, 9.17) is 9.97 Å². The van der Waals surface area contributed by atoms with Crippen LogP contribution in [-0.2, 0) is 0 Å². The van der Waals surface area contributed by atoms with Crippen LogP contribution in [0, 0.1) is 6.92 Å². The van der Waals surface area contributed by atoms with E-state index in [2.05, 4.69) is 78.9 Å². The Labute approximate surface area is 145 Å². The number of fused-ring (bicyclic) bond motifs is 4. The molecule has 5 aromatic rings. The summed E-state index contributed by atoms with van der Waals surface area (Å²) in [6.07, 6.45) is 0. The van der Waals surface area contributed by atoms with Gasteiger partial charge in [0.15, 0.2) is 0 Å². The summed E-state index contributed by atoms with van der Waals surface area (Å²) in [4.78, 5) is 9.58. The van der Waals surface area contributed by atoms with E-state index < -0.39 is 0 Å². The highest BCUT2D eigenvalue weighted by Gasteiger charge is 2.12. The van der Waals surface area contributed by atoms with Crippen LogP contribution in [0.2, 0.25) is 0 Å². The fourth-order valence-electron chi connectivity index (χ4n) is 3.61. The molecular formula is C23H16N2. The molecule has 0 amide bonds. The number of benzene rings is 4. The average Bonchev–Trinajstić information content (AvgIpc) is 2.67. The first-order chi connectivity index (χ1) is 12.3. The SMILES string of the molecule is Cc1nc(-c2cccc3ccccc23)c2ccc3ccccc3c2n1. The lowest BCUT2D eigenvalue weighted by Gasteiger charge is -2.11. The normalized spacial score (nSPS) is 11.4. The largest absolute Gasteiger partial charge is 0.233 e. The van der Waals surface area contributed by atoms with Crippen LogP contribution in [-0.4, -0.2) is 9.97 Å². The molecule has 5 rings (SSSR count). The number of hydrogen-bond acceptors (Lipinski definition) is 2. The van der Waals surface area contributed by atoms with Crippen LogP contribution in [0.3, 0.4) is 0 Å². The van der Waals surface area contributed by atoms with Crippen molar-refractivity contribution < 1.29 is 0 Å². The van der Waals surface area contributed by atoms with Crippen molar-refractivity contribution >= 4 is 32.4 Å². The Balaban J connectivity index is 1.95. The molecule has 0 aliphatic rings. The summed E-state index contributed by atoms with van der Waals surface area (Å²) in [6.45, 7) is 1.97. The highest BCUT2D eigenvalue weighted by Crippen LogP contribution is 2.34. The van der Waals surface area contributed by atoms with Crippen molar-refractivity contribution in [1.82, 2.24) is 9.97 Å². The molecule has 0 saturated heterocycles. The minimum absolute atomic E-state index is 0.798. The Bertz CT molecular complexity index is 1250. The highest BCUT2D eigenvalue weighted by molar-refractivity contribution is 6.11. The van der Waals surface area contributed by atoms with Gasteiger partial charge >= 0.3 is 0 Å². The van der Waals surface area contributed by atoms with Gasteiger partial charge in [0.1, 0.15) is 5.82 Å². The van der Waals surface area contributed by atoms with Gasteiger partial charge in [0, 0.05) is 16.3 Å². The lowest BCUT2D eigenvalue weighted by Crippen LogP contribution is -1.95. The second kappa shape index (κ2) is 5.38. The van der Waals surface area contributed by atoms with Gasteiger partial charge in [-0.25, -0.2) is 9.97 Å². The van der Waals surface area contributed by atoms with Crippen molar-refractivity contribution in [1.29, 1.82) is 0 Å². The third-order valence-electron chi connectivity index (χ3n) is 4.75. The van der Waals surface area contributed by atoms with Gasteiger partial charge in [-0.05, 0) is 29.1 Å². The Hall–Kier alpha value is -3.26. The van der Waals surface area contributed by atoms with E-state index >= 15 is 0 Å². The van der Waals surface area contributed by atoms with Gasteiger partial charge in [-0.2, -0.15) is 0 Å². The molecule has 0 atom stereocenters. The van der Waals surface area contributed by atoms with E-state index in [1.54, 1.807) is 0 Å². The van der Waals surface area contributed by atoms with Crippen LogP contribution >= 0.6 is 0 Å². The summed E-state index contributed by atoms with van der Waals surface area (Å²) in [5.41, 5.74) is 3.18. The fourth-order valence-corrected chi connectivity index (χ4v) is 3.61. The minimum atomic E-state index is 0.798. The predicted molar refractivity (Wildman–Crippen MR) is 105 cm³/mol. The quantitative estimate of drug-likeness (QED) is 0.359. The minimum Gasteiger partial charge on any atom is -0.233 e. The lowest BCUT2D eigenvalue weighted by molar-refractivity contribution is 1.10. The first-order valence-corrected chi connectivity index (χ1v) is 8.45. The molecule has 118 valence electrons. The van der Waals surface area contributed by atoms with Crippen molar-refractivity contribution in [3.63, 3.8) is 0 Å². The van der Waals surface area contributed by atoms with E-state index in [1.165, 1.54) is 21.5 Å². The zero-order valence-corrected chi connectivity index (χ0v) is 13.9. The number of aryl methyl sites for hydroxylation is 1. The summed E-state index contributed by atoms with van der Waals surface area (Å²) >= 11 is 0. The Morgan fingerprint density at radius 3 is 2.08 bits per heavy atom. The molecule has 0 N–H and O–H groups in total. The van der Waals surface area contributed by atoms with E-state index in [0.29, 0.717) is 0 Å². The molecular weight excluding hydrogens is 304 g/mol. The Kier molecular flexibility index (Phi) is 3.04. The van der Waals surface area contributed by atoms with Gasteiger partial charge in [0.25, 0.3) is 0 Å². The van der Waals surface area contributed by atoms with Crippen LogP contribution in [0.1, 0.15) is 5.82 Å². The summed E-state index contributed by atoms with van der Waals surface area (Å²) in [5.74, 6) is 0.798. The first-order valence-electron chi connectivity index (χ1n) is 8.45. The van der Waals surface area contributed by atoms with Crippen molar-refractivity contribution in [2.45, 2.75) is 6.92 Å². The van der Waals surface area contributed by atoms with Crippen molar-refractivity contribution in [3.05, 3.63) is 84.7 Å². The maximum atomic E-state index is 4.82. The van der Waals surface area contributed by atoms with Gasteiger partial charge in [0.05, 0.1) is 11.2 Å². The molecule has 25 heavy (non-hydrogen) atoms. The maximum Gasteiger partial charge on any atom is 0.126 e. The monoisotopic (exact) mass is 320 g/mol. The average molecular weight is 320 g/mol. The number of nitrogens with zero attached hydrogens (tertiary/aromatic N) is 2. The van der Waals surface area contributed by atoms with Gasteiger partial charge in [-0.3, -0.25) is 0 Å². The summed E-state index contributed by atoms with van der Waals surface area (Å²) in [7, 11) is 0. The van der Waals surface area contributed by atoms with Gasteiger partial charge in [-0.1, -0.05) is 72.8 Å². The van der Waals surface area contributed by atoms with Crippen molar-refractivity contribution in [3.8, 4) is 11.3 Å². The third-order valence-corrected chi connectivity index (χ3v) is 4.75. The van der Waals surface area contributed by atoms with Crippen LogP contribution < -0.4 is 0 Å². The molecule has 0 spiro atoms. The molecule has 1 aromatic heterocycles. The molecule has 0 bridgehead atoms. The summed E-state index contributed by atoms with van der Waals surface area (Å²) in [5, 5.41) is 5.92. The topological polar surface area (TPSA) is 25.8 Å². The zero-order valence-electron chi connectivity index (χ0n) is 13.9. The lowest BCUT2D eigenvalue weighted by atomic mass is 9.97. The maximum absolute atomic E-state index is 4.82. The van der Waals surface area contributed by atoms with E-state index in [1.807, 2.05) is 6.92 Å². The molecule has 0 radical (unpaired) electrons. The van der Waals surface area contributed by atoms with Crippen LogP contribution in [0.4, 0.5) is 0 Å². The predicted octanol–water partition coefficient (Wildman–Crippen LogP) is 5.91. The molecule has 2 nitrogen and oxygen atoms in total. The van der Waals surface area contributed by atoms with E-state index in [-0.39, 0.29) is 0 Å². The van der Waals surface area contributed by atoms with Crippen LogP contribution in [0.25, 0.3) is 43.7 Å². The Morgan fingerprint density at radius 2 is 1.24 bits per heavy atom. The molecule has 2 heteroatoms. The fraction of sp³-hybridized carbons (Fsp3) is 0.0435. The number of aromatic nitrogens is 2. The van der Waals surface area contributed by atoms with Gasteiger partial charge < -0.3 is 0 Å². The highest BCUT2D eigenvalue weighted by atomic mass is 14.9. The molecule has 0 unspecified atom stereocenters. The molecule has 0 fully saturated rings. The second-order valence-electron chi connectivity index (χ2n) is 6.33. The van der Waals surface area contributed by atoms with Crippen LogP contribution in [0.15, 0.2) is 78.9 Å². The smallest absolute Gasteiger partial charge is 0.126 e. The zero-order chi connectivity index (χ0) is 16.8. The molecule has 1 heterocycles. The molecule has 4 aromatic carbocycles. The third kappa shape index (κ3) is 2.18. The molecule has 0 aliphatic heterocycles. The second-order valence-corrected chi connectivity index (χ2v) is 6.33. The number of hydrogen-bond donors (Lipinski definition) is 0. The van der Waals surface area contributed by atoms with Crippen LogP contribution in [0.5, 0.6) is 0 Å². The van der Waals surface area contributed by atoms with E-state index in [9.17, 15) is 0 Å².